The summed E-state index contributed by atoms with van der Waals surface area (Å²) in [6, 6.07) is 7.77. The number of hydrogen-bond acceptors (Lipinski definition) is 6. The van der Waals surface area contributed by atoms with E-state index in [1.54, 1.807) is 26.7 Å². The molecule has 3 rings (SSSR count). The standard InChI is InChI=1S/C18H22N2O2S3/c1-2-3-17(22)20-8-6-19(7-9-20)12-14-10-13(4-5-15(14)21)16-11-18(23)25-24-16/h4-5,10-11,21H,2-3,6-9,12H2,1H3. The highest BCUT2D eigenvalue weighted by Crippen LogP contribution is 2.32. The molecule has 1 aromatic heterocycles. The summed E-state index contributed by atoms with van der Waals surface area (Å²) >= 11 is 5.21. The summed E-state index contributed by atoms with van der Waals surface area (Å²) in [5.41, 5.74) is 2.03. The van der Waals surface area contributed by atoms with Gasteiger partial charge >= 0.3 is 0 Å². The topological polar surface area (TPSA) is 43.8 Å². The fraction of sp³-hybridized carbons (Fsp3) is 0.444. The smallest absolute Gasteiger partial charge is 0.222 e. The van der Waals surface area contributed by atoms with E-state index in [2.05, 4.69) is 11.0 Å². The predicted octanol–water partition coefficient (Wildman–Crippen LogP) is 4.36. The summed E-state index contributed by atoms with van der Waals surface area (Å²) in [7, 11) is 3.27. The van der Waals surface area contributed by atoms with Gasteiger partial charge in [-0.3, -0.25) is 9.69 Å². The number of piperazine rings is 1. The molecule has 1 fully saturated rings. The van der Waals surface area contributed by atoms with E-state index in [0.717, 1.165) is 52.4 Å². The number of amides is 1. The van der Waals surface area contributed by atoms with Crippen molar-refractivity contribution in [2.24, 2.45) is 0 Å². The highest BCUT2D eigenvalue weighted by molar-refractivity contribution is 7.80. The lowest BCUT2D eigenvalue weighted by atomic mass is 10.1. The Kier molecular flexibility index (Phi) is 6.22. The number of hydrogen-bond donors (Lipinski definition) is 1. The second-order valence-electron chi connectivity index (χ2n) is 6.24. The van der Waals surface area contributed by atoms with E-state index in [0.29, 0.717) is 18.7 Å². The van der Waals surface area contributed by atoms with Gasteiger partial charge in [0.25, 0.3) is 0 Å². The molecule has 1 aromatic carbocycles. The first-order valence-corrected chi connectivity index (χ1v) is 11.0. The first kappa shape index (κ1) is 18.5. The van der Waals surface area contributed by atoms with Gasteiger partial charge in [-0.15, -0.1) is 0 Å². The Morgan fingerprint density at radius 3 is 2.60 bits per heavy atom. The van der Waals surface area contributed by atoms with Crippen molar-refractivity contribution in [1.82, 2.24) is 9.80 Å². The van der Waals surface area contributed by atoms with Crippen LogP contribution in [0.15, 0.2) is 24.3 Å². The lowest BCUT2D eigenvalue weighted by Gasteiger charge is -2.35. The van der Waals surface area contributed by atoms with Crippen molar-refractivity contribution < 1.29 is 9.90 Å². The van der Waals surface area contributed by atoms with Crippen LogP contribution in [0.4, 0.5) is 0 Å². The average molecular weight is 395 g/mol. The Morgan fingerprint density at radius 2 is 1.96 bits per heavy atom. The molecule has 25 heavy (non-hydrogen) atoms. The van der Waals surface area contributed by atoms with Crippen LogP contribution in [0.2, 0.25) is 0 Å². The molecule has 1 aliphatic heterocycles. The van der Waals surface area contributed by atoms with Crippen LogP contribution < -0.4 is 0 Å². The average Bonchev–Trinajstić information content (AvgIpc) is 3.04. The number of benzene rings is 1. The van der Waals surface area contributed by atoms with Gasteiger partial charge in [0, 0.05) is 49.6 Å². The van der Waals surface area contributed by atoms with Crippen molar-refractivity contribution in [3.05, 3.63) is 33.7 Å². The quantitative estimate of drug-likeness (QED) is 0.605. The molecule has 1 aliphatic rings. The normalized spacial score (nSPS) is 15.5. The third-order valence-corrected chi connectivity index (χ3v) is 7.32. The lowest BCUT2D eigenvalue weighted by Crippen LogP contribution is -2.48. The van der Waals surface area contributed by atoms with Gasteiger partial charge in [-0.2, -0.15) is 0 Å². The highest BCUT2D eigenvalue weighted by atomic mass is 32.9. The summed E-state index contributed by atoms with van der Waals surface area (Å²) in [6.07, 6.45) is 1.53. The molecule has 0 radical (unpaired) electrons. The van der Waals surface area contributed by atoms with Crippen molar-refractivity contribution in [1.29, 1.82) is 0 Å². The van der Waals surface area contributed by atoms with Crippen molar-refractivity contribution >= 4 is 38.8 Å². The molecule has 0 unspecified atom stereocenters. The zero-order valence-corrected chi connectivity index (χ0v) is 16.7. The minimum atomic E-state index is 0.255. The maximum absolute atomic E-state index is 12.0. The molecule has 0 aliphatic carbocycles. The number of phenols is 1. The lowest BCUT2D eigenvalue weighted by molar-refractivity contribution is -0.133. The van der Waals surface area contributed by atoms with Gasteiger partial charge in [0.1, 0.15) is 9.57 Å². The van der Waals surface area contributed by atoms with Crippen LogP contribution in [0.3, 0.4) is 0 Å². The van der Waals surface area contributed by atoms with E-state index >= 15 is 0 Å². The van der Waals surface area contributed by atoms with E-state index in [1.165, 1.54) is 0 Å². The molecule has 134 valence electrons. The molecule has 1 N–H and O–H groups in total. The van der Waals surface area contributed by atoms with E-state index in [9.17, 15) is 9.90 Å². The Labute approximate surface area is 160 Å². The number of carbonyl (C=O) groups excluding carboxylic acids is 1. The molecule has 0 spiro atoms. The molecule has 0 saturated carbocycles. The van der Waals surface area contributed by atoms with Crippen LogP contribution in [0.25, 0.3) is 10.4 Å². The predicted molar refractivity (Wildman–Crippen MR) is 107 cm³/mol. The molecule has 1 amide bonds. The number of nitrogens with zero attached hydrogens (tertiary/aromatic N) is 2. The van der Waals surface area contributed by atoms with Gasteiger partial charge in [-0.25, -0.2) is 0 Å². The van der Waals surface area contributed by atoms with Gasteiger partial charge in [-0.05, 0) is 36.2 Å². The zero-order chi connectivity index (χ0) is 17.8. The summed E-state index contributed by atoms with van der Waals surface area (Å²) < 4.78 is 0.891. The molecular formula is C18H22N2O2S3. The van der Waals surface area contributed by atoms with Gasteiger partial charge in [0.05, 0.1) is 0 Å². The number of phenolic OH excluding ortho intramolecular Hbond substituents is 1. The Balaban J connectivity index is 1.65. The van der Waals surface area contributed by atoms with E-state index in [-0.39, 0.29) is 5.91 Å². The maximum Gasteiger partial charge on any atom is 0.222 e. The summed E-state index contributed by atoms with van der Waals surface area (Å²) in [4.78, 5) is 17.4. The second kappa shape index (κ2) is 8.40. The van der Waals surface area contributed by atoms with E-state index in [4.69, 9.17) is 12.2 Å². The van der Waals surface area contributed by atoms with Crippen molar-refractivity contribution in [2.75, 3.05) is 26.2 Å². The Bertz CT molecular complexity index is 792. The highest BCUT2D eigenvalue weighted by Gasteiger charge is 2.21. The molecule has 2 aromatic rings. The van der Waals surface area contributed by atoms with Crippen LogP contribution in [0.1, 0.15) is 25.3 Å². The maximum atomic E-state index is 12.0. The summed E-state index contributed by atoms with van der Waals surface area (Å²) in [5.74, 6) is 0.581. The summed E-state index contributed by atoms with van der Waals surface area (Å²) in [6.45, 7) is 5.96. The van der Waals surface area contributed by atoms with Gasteiger partial charge < -0.3 is 10.0 Å². The first-order valence-electron chi connectivity index (χ1n) is 8.49. The molecule has 0 bridgehead atoms. The van der Waals surface area contributed by atoms with E-state index in [1.807, 2.05) is 24.0 Å². The third kappa shape index (κ3) is 4.67. The fourth-order valence-electron chi connectivity index (χ4n) is 3.01. The zero-order valence-electron chi connectivity index (χ0n) is 14.2. The Hall–Kier alpha value is -1.28. The molecular weight excluding hydrogens is 372 g/mol. The van der Waals surface area contributed by atoms with Gasteiger partial charge in [0.15, 0.2) is 0 Å². The van der Waals surface area contributed by atoms with Crippen LogP contribution in [-0.4, -0.2) is 47.0 Å². The molecule has 1 saturated heterocycles. The third-order valence-electron chi connectivity index (χ3n) is 4.41. The first-order chi connectivity index (χ1) is 12.1. The number of aromatic hydroxyl groups is 1. The van der Waals surface area contributed by atoms with Gasteiger partial charge in [-0.1, -0.05) is 39.8 Å². The van der Waals surface area contributed by atoms with Crippen LogP contribution in [0.5, 0.6) is 5.75 Å². The van der Waals surface area contributed by atoms with Crippen molar-refractivity contribution in [3.63, 3.8) is 0 Å². The van der Waals surface area contributed by atoms with E-state index < -0.39 is 0 Å². The minimum Gasteiger partial charge on any atom is -0.508 e. The monoisotopic (exact) mass is 394 g/mol. The SMILES string of the molecule is CCCC(=O)N1CCN(Cc2cc(-c3cc(=S)ss3)ccc2O)CC1. The molecule has 4 nitrogen and oxygen atoms in total. The van der Waals surface area contributed by atoms with Crippen LogP contribution in [0, 0.1) is 3.82 Å². The van der Waals surface area contributed by atoms with Crippen LogP contribution >= 0.6 is 32.9 Å². The second-order valence-corrected chi connectivity index (χ2v) is 9.16. The summed E-state index contributed by atoms with van der Waals surface area (Å²) in [5, 5.41) is 10.2. The molecule has 2 heterocycles. The molecule has 0 atom stereocenters. The van der Waals surface area contributed by atoms with Gasteiger partial charge in [0.2, 0.25) is 5.91 Å². The number of carbonyl (C=O) groups is 1. The molecule has 7 heteroatoms. The fourth-order valence-corrected chi connectivity index (χ4v) is 5.40. The Morgan fingerprint density at radius 1 is 1.20 bits per heavy atom. The van der Waals surface area contributed by atoms with Crippen molar-refractivity contribution in [3.8, 4) is 16.2 Å². The number of rotatable bonds is 5. The van der Waals surface area contributed by atoms with Crippen LogP contribution in [-0.2, 0) is 11.3 Å². The minimum absolute atomic E-state index is 0.255. The van der Waals surface area contributed by atoms with Crippen molar-refractivity contribution in [2.45, 2.75) is 26.3 Å². The largest absolute Gasteiger partial charge is 0.508 e.